The minimum Gasteiger partial charge on any atom is -0.385 e. The van der Waals surface area contributed by atoms with Gasteiger partial charge in [-0.05, 0) is 25.3 Å². The number of nitrogens with zero attached hydrogens (tertiary/aromatic N) is 5. The molecule has 144 valence electrons. The van der Waals surface area contributed by atoms with Crippen LogP contribution in [0.3, 0.4) is 0 Å². The predicted octanol–water partition coefficient (Wildman–Crippen LogP) is 1.22. The lowest BCUT2D eigenvalue weighted by Gasteiger charge is -2.38. The first-order valence-electron chi connectivity index (χ1n) is 9.46. The molecule has 2 fully saturated rings. The van der Waals surface area contributed by atoms with Gasteiger partial charge in [-0.25, -0.2) is 9.97 Å². The molecule has 2 aliphatic heterocycles. The molecule has 2 aliphatic rings. The zero-order chi connectivity index (χ0) is 18.9. The fraction of sp³-hybridized carbons (Fsp3) is 0.579. The maximum atomic E-state index is 12.8. The number of aromatic nitrogens is 3. The van der Waals surface area contributed by atoms with Gasteiger partial charge in [0.05, 0.1) is 0 Å². The number of carbonyl (C=O) groups is 2. The summed E-state index contributed by atoms with van der Waals surface area (Å²) in [4.78, 5) is 37.5. The normalized spacial score (nSPS) is 19.4. The highest BCUT2D eigenvalue weighted by Gasteiger charge is 2.45. The van der Waals surface area contributed by atoms with Crippen LogP contribution in [0, 0.1) is 5.41 Å². The van der Waals surface area contributed by atoms with Gasteiger partial charge in [0, 0.05) is 70.3 Å². The van der Waals surface area contributed by atoms with Crippen molar-refractivity contribution in [3.8, 4) is 0 Å². The van der Waals surface area contributed by atoms with Crippen LogP contribution >= 0.6 is 0 Å². The quantitative estimate of drug-likeness (QED) is 0.739. The molecule has 0 saturated carbocycles. The number of piperidine rings is 1. The van der Waals surface area contributed by atoms with Crippen LogP contribution in [0.2, 0.25) is 0 Å². The molecule has 4 heterocycles. The Morgan fingerprint density at radius 3 is 2.89 bits per heavy atom. The first-order chi connectivity index (χ1) is 13.1. The molecule has 0 bridgehead atoms. The molecule has 8 heteroatoms. The highest BCUT2D eigenvalue weighted by molar-refractivity contribution is 5.93. The van der Waals surface area contributed by atoms with E-state index in [-0.39, 0.29) is 17.2 Å². The van der Waals surface area contributed by atoms with Gasteiger partial charge in [0.15, 0.2) is 0 Å². The summed E-state index contributed by atoms with van der Waals surface area (Å²) in [6, 6.07) is 1.81. The number of hydrogen-bond donors (Lipinski definition) is 0. The molecular formula is C19H25N5O3. The Hall–Kier alpha value is -2.48. The lowest BCUT2D eigenvalue weighted by molar-refractivity contribution is -0.128. The van der Waals surface area contributed by atoms with Gasteiger partial charge in [0.1, 0.15) is 5.69 Å². The van der Waals surface area contributed by atoms with Crippen molar-refractivity contribution < 1.29 is 14.3 Å². The van der Waals surface area contributed by atoms with Gasteiger partial charge < -0.3 is 14.5 Å². The first kappa shape index (κ1) is 17.9. The standard InChI is InChI=1S/C19H25N5O3/c1-27-11-3-8-24-14-19(12-16(24)25)4-9-22(10-5-19)17(26)15-13-23-7-2-6-20-18(23)21-15/h2,6-7,13H,3-5,8-12,14H2,1H3. The third-order valence-electron chi connectivity index (χ3n) is 5.75. The van der Waals surface area contributed by atoms with E-state index in [1.807, 2.05) is 22.1 Å². The summed E-state index contributed by atoms with van der Waals surface area (Å²) in [5.74, 6) is 0.705. The van der Waals surface area contributed by atoms with E-state index < -0.39 is 0 Å². The summed E-state index contributed by atoms with van der Waals surface area (Å²) in [6.07, 6.45) is 8.40. The lowest BCUT2D eigenvalue weighted by atomic mass is 9.77. The summed E-state index contributed by atoms with van der Waals surface area (Å²) in [6.45, 7) is 3.56. The summed E-state index contributed by atoms with van der Waals surface area (Å²) in [7, 11) is 1.68. The van der Waals surface area contributed by atoms with Gasteiger partial charge >= 0.3 is 0 Å². The molecule has 8 nitrogen and oxygen atoms in total. The molecule has 0 unspecified atom stereocenters. The second-order valence-electron chi connectivity index (χ2n) is 7.58. The van der Waals surface area contributed by atoms with E-state index in [1.165, 1.54) is 0 Å². The summed E-state index contributed by atoms with van der Waals surface area (Å²) in [5, 5.41) is 0. The Balaban J connectivity index is 1.37. The van der Waals surface area contributed by atoms with Crippen LogP contribution in [0.5, 0.6) is 0 Å². The SMILES string of the molecule is COCCCN1CC2(CCN(C(=O)c3cn4cccnc4n3)CC2)CC1=O. The molecule has 2 aromatic heterocycles. The number of likely N-dealkylation sites (tertiary alicyclic amines) is 2. The van der Waals surface area contributed by atoms with Crippen molar-refractivity contribution in [2.45, 2.75) is 25.7 Å². The third kappa shape index (κ3) is 3.53. The number of ether oxygens (including phenoxy) is 1. The molecule has 0 N–H and O–H groups in total. The molecule has 0 aromatic carbocycles. The zero-order valence-electron chi connectivity index (χ0n) is 15.6. The second kappa shape index (κ2) is 7.26. The van der Waals surface area contributed by atoms with E-state index in [4.69, 9.17) is 4.74 Å². The van der Waals surface area contributed by atoms with Crippen molar-refractivity contribution in [2.75, 3.05) is 39.9 Å². The highest BCUT2D eigenvalue weighted by Crippen LogP contribution is 2.41. The molecule has 27 heavy (non-hydrogen) atoms. The fourth-order valence-electron chi connectivity index (χ4n) is 4.20. The number of rotatable bonds is 5. The van der Waals surface area contributed by atoms with Crippen molar-refractivity contribution in [1.29, 1.82) is 0 Å². The van der Waals surface area contributed by atoms with Crippen LogP contribution in [0.4, 0.5) is 0 Å². The van der Waals surface area contributed by atoms with Crippen molar-refractivity contribution in [3.05, 3.63) is 30.4 Å². The van der Waals surface area contributed by atoms with E-state index in [0.29, 0.717) is 37.6 Å². The number of imidazole rings is 1. The fourth-order valence-corrected chi connectivity index (χ4v) is 4.20. The molecule has 0 radical (unpaired) electrons. The Bertz CT molecular complexity index is 808. The van der Waals surface area contributed by atoms with Crippen molar-refractivity contribution >= 4 is 17.6 Å². The van der Waals surface area contributed by atoms with E-state index in [2.05, 4.69) is 9.97 Å². The minimum atomic E-state index is -0.0587. The third-order valence-corrected chi connectivity index (χ3v) is 5.75. The van der Waals surface area contributed by atoms with Gasteiger partial charge in [0.2, 0.25) is 11.7 Å². The smallest absolute Gasteiger partial charge is 0.274 e. The topological polar surface area (TPSA) is 80.0 Å². The molecule has 2 saturated heterocycles. The average Bonchev–Trinajstić information content (AvgIpc) is 3.23. The monoisotopic (exact) mass is 371 g/mol. The van der Waals surface area contributed by atoms with Crippen LogP contribution in [-0.2, 0) is 9.53 Å². The Kier molecular flexibility index (Phi) is 4.82. The molecule has 4 rings (SSSR count). The van der Waals surface area contributed by atoms with Crippen LogP contribution in [0.15, 0.2) is 24.7 Å². The van der Waals surface area contributed by atoms with Crippen LogP contribution in [0.25, 0.3) is 5.78 Å². The maximum Gasteiger partial charge on any atom is 0.274 e. The number of methoxy groups -OCH3 is 1. The molecular weight excluding hydrogens is 346 g/mol. The number of hydrogen-bond acceptors (Lipinski definition) is 5. The molecule has 2 aromatic rings. The van der Waals surface area contributed by atoms with Crippen molar-refractivity contribution in [1.82, 2.24) is 24.2 Å². The van der Waals surface area contributed by atoms with Crippen LogP contribution in [0.1, 0.15) is 36.2 Å². The number of carbonyl (C=O) groups excluding carboxylic acids is 2. The molecule has 0 aliphatic carbocycles. The van der Waals surface area contributed by atoms with Gasteiger partial charge in [-0.2, -0.15) is 0 Å². The summed E-state index contributed by atoms with van der Waals surface area (Å²) in [5.41, 5.74) is 0.440. The molecule has 1 spiro atoms. The van der Waals surface area contributed by atoms with Crippen molar-refractivity contribution in [3.63, 3.8) is 0 Å². The van der Waals surface area contributed by atoms with Gasteiger partial charge in [-0.1, -0.05) is 0 Å². The maximum absolute atomic E-state index is 12.8. The van der Waals surface area contributed by atoms with Gasteiger partial charge in [-0.3, -0.25) is 14.0 Å². The van der Waals surface area contributed by atoms with Crippen LogP contribution in [-0.4, -0.2) is 75.9 Å². The van der Waals surface area contributed by atoms with E-state index in [0.717, 1.165) is 32.4 Å². The largest absolute Gasteiger partial charge is 0.385 e. The summed E-state index contributed by atoms with van der Waals surface area (Å²) >= 11 is 0. The van der Waals surface area contributed by atoms with E-state index in [9.17, 15) is 9.59 Å². The average molecular weight is 371 g/mol. The minimum absolute atomic E-state index is 0.0153. The Morgan fingerprint density at radius 1 is 1.33 bits per heavy atom. The van der Waals surface area contributed by atoms with Gasteiger partial charge in [0.25, 0.3) is 5.91 Å². The highest BCUT2D eigenvalue weighted by atomic mass is 16.5. The van der Waals surface area contributed by atoms with E-state index in [1.54, 1.807) is 23.9 Å². The zero-order valence-corrected chi connectivity index (χ0v) is 15.6. The lowest BCUT2D eigenvalue weighted by Crippen LogP contribution is -2.44. The Morgan fingerprint density at radius 2 is 2.15 bits per heavy atom. The van der Waals surface area contributed by atoms with Gasteiger partial charge in [-0.15, -0.1) is 0 Å². The number of amides is 2. The first-order valence-corrected chi connectivity index (χ1v) is 9.46. The van der Waals surface area contributed by atoms with Crippen molar-refractivity contribution in [2.24, 2.45) is 5.41 Å². The Labute approximate surface area is 158 Å². The second-order valence-corrected chi connectivity index (χ2v) is 7.58. The van der Waals surface area contributed by atoms with Crippen LogP contribution < -0.4 is 0 Å². The summed E-state index contributed by atoms with van der Waals surface area (Å²) < 4.78 is 6.84. The molecule has 0 atom stereocenters. The number of fused-ring (bicyclic) bond motifs is 1. The molecule has 2 amide bonds. The predicted molar refractivity (Wildman–Crippen MR) is 98.2 cm³/mol. The van der Waals surface area contributed by atoms with E-state index >= 15 is 0 Å².